The van der Waals surface area contributed by atoms with Gasteiger partial charge >= 0.3 is 0 Å². The number of nitrogens with zero attached hydrogens (tertiary/aromatic N) is 1. The predicted molar refractivity (Wildman–Crippen MR) is 69.7 cm³/mol. The van der Waals surface area contributed by atoms with Crippen LogP contribution in [-0.2, 0) is 5.75 Å². The second-order valence-corrected chi connectivity index (χ2v) is 4.90. The molecule has 2 heteroatoms. The lowest BCUT2D eigenvalue weighted by molar-refractivity contribution is 1.17. The highest BCUT2D eigenvalue weighted by molar-refractivity contribution is 7.98. The molecule has 1 aromatic carbocycles. The highest BCUT2D eigenvalue weighted by Gasteiger charge is 1.98. The van der Waals surface area contributed by atoms with E-state index in [0.717, 1.165) is 11.4 Å². The summed E-state index contributed by atoms with van der Waals surface area (Å²) in [5.74, 6) is 0.934. The summed E-state index contributed by atoms with van der Waals surface area (Å²) < 4.78 is 0. The van der Waals surface area contributed by atoms with Crippen LogP contribution in [0.2, 0.25) is 0 Å². The van der Waals surface area contributed by atoms with Gasteiger partial charge in [0.15, 0.2) is 0 Å². The van der Waals surface area contributed by atoms with Crippen LogP contribution in [0.3, 0.4) is 0 Å². The summed E-state index contributed by atoms with van der Waals surface area (Å²) in [5, 5.41) is 0. The maximum atomic E-state index is 4.31. The fraction of sp³-hybridized carbons (Fsp3) is 0.214. The molecule has 0 amide bonds. The van der Waals surface area contributed by atoms with E-state index in [1.165, 1.54) is 16.0 Å². The third kappa shape index (κ3) is 2.86. The smallest absolute Gasteiger partial charge is 0.0506 e. The Morgan fingerprint density at radius 1 is 1.06 bits per heavy atom. The van der Waals surface area contributed by atoms with E-state index < -0.39 is 0 Å². The summed E-state index contributed by atoms with van der Waals surface area (Å²) in [6, 6.07) is 12.6. The molecule has 0 bridgehead atoms. The van der Waals surface area contributed by atoms with Crippen LogP contribution in [0.1, 0.15) is 16.8 Å². The fourth-order valence-corrected chi connectivity index (χ4v) is 2.35. The van der Waals surface area contributed by atoms with Crippen LogP contribution in [0.4, 0.5) is 0 Å². The van der Waals surface area contributed by atoms with E-state index in [2.05, 4.69) is 43.1 Å². The zero-order chi connectivity index (χ0) is 11.4. The summed E-state index contributed by atoms with van der Waals surface area (Å²) in [7, 11) is 0. The first-order valence-electron chi connectivity index (χ1n) is 5.35. The van der Waals surface area contributed by atoms with E-state index in [4.69, 9.17) is 0 Å². The van der Waals surface area contributed by atoms with E-state index in [1.807, 2.05) is 30.1 Å². The quantitative estimate of drug-likeness (QED) is 0.738. The van der Waals surface area contributed by atoms with Crippen molar-refractivity contribution in [2.24, 2.45) is 0 Å². The van der Waals surface area contributed by atoms with Gasteiger partial charge in [-0.2, -0.15) is 0 Å². The first-order chi connectivity index (χ1) is 7.75. The van der Waals surface area contributed by atoms with Crippen molar-refractivity contribution in [2.75, 3.05) is 0 Å². The topological polar surface area (TPSA) is 12.9 Å². The van der Waals surface area contributed by atoms with E-state index >= 15 is 0 Å². The van der Waals surface area contributed by atoms with Gasteiger partial charge in [0.2, 0.25) is 0 Å². The zero-order valence-corrected chi connectivity index (χ0v) is 10.4. The van der Waals surface area contributed by atoms with Crippen LogP contribution in [0.5, 0.6) is 0 Å². The van der Waals surface area contributed by atoms with Crippen molar-refractivity contribution in [3.05, 3.63) is 59.4 Å². The molecular weight excluding hydrogens is 214 g/mol. The number of pyridine rings is 1. The molecule has 0 aliphatic heterocycles. The van der Waals surface area contributed by atoms with Gasteiger partial charge < -0.3 is 0 Å². The Labute approximate surface area is 101 Å². The summed E-state index contributed by atoms with van der Waals surface area (Å²) in [6.07, 6.45) is 1.84. The molecule has 2 rings (SSSR count). The lowest BCUT2D eigenvalue weighted by atomic mass is 10.1. The second kappa shape index (κ2) is 5.17. The fourth-order valence-electron chi connectivity index (χ4n) is 1.44. The second-order valence-electron chi connectivity index (χ2n) is 3.86. The molecule has 0 spiro atoms. The third-order valence-corrected chi connectivity index (χ3v) is 3.62. The maximum Gasteiger partial charge on any atom is 0.0506 e. The van der Waals surface area contributed by atoms with Gasteiger partial charge in [0.25, 0.3) is 0 Å². The van der Waals surface area contributed by atoms with Crippen molar-refractivity contribution in [2.45, 2.75) is 24.5 Å². The molecule has 0 unspecified atom stereocenters. The lowest BCUT2D eigenvalue weighted by Crippen LogP contribution is -1.85. The van der Waals surface area contributed by atoms with Crippen molar-refractivity contribution in [3.8, 4) is 0 Å². The first-order valence-corrected chi connectivity index (χ1v) is 6.34. The minimum Gasteiger partial charge on any atom is -0.260 e. The van der Waals surface area contributed by atoms with Gasteiger partial charge in [0.05, 0.1) is 5.69 Å². The van der Waals surface area contributed by atoms with Gasteiger partial charge in [-0.1, -0.05) is 12.1 Å². The Kier molecular flexibility index (Phi) is 3.62. The van der Waals surface area contributed by atoms with Gasteiger partial charge in [-0.15, -0.1) is 11.8 Å². The molecule has 82 valence electrons. The van der Waals surface area contributed by atoms with Crippen LogP contribution in [-0.4, -0.2) is 4.98 Å². The summed E-state index contributed by atoms with van der Waals surface area (Å²) in [5.41, 5.74) is 3.83. The minimum atomic E-state index is 0.934. The highest BCUT2D eigenvalue weighted by Crippen LogP contribution is 2.23. The number of aromatic nitrogens is 1. The summed E-state index contributed by atoms with van der Waals surface area (Å²) in [6.45, 7) is 4.29. The molecule has 1 heterocycles. The SMILES string of the molecule is Cc1ccc(SCc2ccccn2)cc1C. The molecule has 0 radical (unpaired) electrons. The molecule has 1 nitrogen and oxygen atoms in total. The largest absolute Gasteiger partial charge is 0.260 e. The number of benzene rings is 1. The van der Waals surface area contributed by atoms with Crippen LogP contribution in [0.25, 0.3) is 0 Å². The molecule has 0 fully saturated rings. The average Bonchev–Trinajstić information content (AvgIpc) is 2.32. The molecule has 0 saturated heterocycles. The molecule has 0 N–H and O–H groups in total. The molecular formula is C14H15NS. The number of rotatable bonds is 3. The Balaban J connectivity index is 2.03. The molecule has 16 heavy (non-hydrogen) atoms. The Hall–Kier alpha value is -1.28. The van der Waals surface area contributed by atoms with Crippen LogP contribution < -0.4 is 0 Å². The number of thioether (sulfide) groups is 1. The van der Waals surface area contributed by atoms with E-state index in [0.29, 0.717) is 0 Å². The first kappa shape index (κ1) is 11.2. The van der Waals surface area contributed by atoms with Crippen molar-refractivity contribution >= 4 is 11.8 Å². The van der Waals surface area contributed by atoms with E-state index in [9.17, 15) is 0 Å². The van der Waals surface area contributed by atoms with E-state index in [1.54, 1.807) is 0 Å². The molecule has 0 saturated carbocycles. The normalized spacial score (nSPS) is 10.4. The van der Waals surface area contributed by atoms with Crippen molar-refractivity contribution < 1.29 is 0 Å². The van der Waals surface area contributed by atoms with Gasteiger partial charge in [0.1, 0.15) is 0 Å². The molecule has 0 atom stereocenters. The van der Waals surface area contributed by atoms with Gasteiger partial charge in [0, 0.05) is 16.8 Å². The maximum absolute atomic E-state index is 4.31. The van der Waals surface area contributed by atoms with Crippen LogP contribution in [0, 0.1) is 13.8 Å². The highest BCUT2D eigenvalue weighted by atomic mass is 32.2. The van der Waals surface area contributed by atoms with Crippen LogP contribution >= 0.6 is 11.8 Å². The Morgan fingerprint density at radius 3 is 2.62 bits per heavy atom. The third-order valence-electron chi connectivity index (χ3n) is 2.59. The number of aryl methyl sites for hydroxylation is 2. The average molecular weight is 229 g/mol. The monoisotopic (exact) mass is 229 g/mol. The Bertz CT molecular complexity index is 465. The van der Waals surface area contributed by atoms with Crippen LogP contribution in [0.15, 0.2) is 47.5 Å². The molecule has 0 aliphatic rings. The number of hydrogen-bond acceptors (Lipinski definition) is 2. The van der Waals surface area contributed by atoms with Crippen molar-refractivity contribution in [1.82, 2.24) is 4.98 Å². The lowest BCUT2D eigenvalue weighted by Gasteiger charge is -2.04. The van der Waals surface area contributed by atoms with Gasteiger partial charge in [-0.3, -0.25) is 4.98 Å². The van der Waals surface area contributed by atoms with Crippen molar-refractivity contribution in [3.63, 3.8) is 0 Å². The molecule has 1 aromatic heterocycles. The summed E-state index contributed by atoms with van der Waals surface area (Å²) >= 11 is 1.83. The minimum absolute atomic E-state index is 0.934. The van der Waals surface area contributed by atoms with E-state index in [-0.39, 0.29) is 0 Å². The molecule has 0 aliphatic carbocycles. The number of hydrogen-bond donors (Lipinski definition) is 0. The summed E-state index contributed by atoms with van der Waals surface area (Å²) in [4.78, 5) is 5.63. The predicted octanol–water partition coefficient (Wildman–Crippen LogP) is 3.99. The standard InChI is InChI=1S/C14H15NS/c1-11-6-7-14(9-12(11)2)16-10-13-5-3-4-8-15-13/h3-9H,10H2,1-2H3. The zero-order valence-electron chi connectivity index (χ0n) is 9.60. The van der Waals surface area contributed by atoms with Gasteiger partial charge in [-0.25, -0.2) is 0 Å². The van der Waals surface area contributed by atoms with Crippen molar-refractivity contribution in [1.29, 1.82) is 0 Å². The Morgan fingerprint density at radius 2 is 1.94 bits per heavy atom. The van der Waals surface area contributed by atoms with Gasteiger partial charge in [-0.05, 0) is 49.2 Å². The molecule has 2 aromatic rings.